The zero-order valence-electron chi connectivity index (χ0n) is 18.6. The van der Waals surface area contributed by atoms with E-state index < -0.39 is 10.0 Å². The second kappa shape index (κ2) is 9.47. The van der Waals surface area contributed by atoms with Crippen LogP contribution in [0.5, 0.6) is 0 Å². The van der Waals surface area contributed by atoms with Gasteiger partial charge in [-0.05, 0) is 49.6 Å². The fraction of sp³-hybridized carbons (Fsp3) is 0.478. The quantitative estimate of drug-likeness (QED) is 0.730. The Morgan fingerprint density at radius 2 is 1.60 bits per heavy atom. The number of hydrogen-bond acceptors (Lipinski definition) is 5. The molecule has 7 heteroatoms. The minimum absolute atomic E-state index is 0.0500. The third-order valence-corrected chi connectivity index (χ3v) is 7.35. The molecule has 1 N–H and O–H groups in total. The molecule has 30 heavy (non-hydrogen) atoms. The van der Waals surface area contributed by atoms with Crippen molar-refractivity contribution in [3.8, 4) is 0 Å². The molecule has 0 amide bonds. The zero-order chi connectivity index (χ0) is 21.9. The highest BCUT2D eigenvalue weighted by Crippen LogP contribution is 2.26. The number of nitrogens with one attached hydrogen (secondary N) is 1. The summed E-state index contributed by atoms with van der Waals surface area (Å²) in [6, 6.07) is 12.1. The van der Waals surface area contributed by atoms with Gasteiger partial charge in [0.25, 0.3) is 0 Å². The number of hydrogen-bond donors (Lipinski definition) is 1. The van der Waals surface area contributed by atoms with Crippen molar-refractivity contribution in [3.63, 3.8) is 0 Å². The first-order valence-corrected chi connectivity index (χ1v) is 11.8. The van der Waals surface area contributed by atoms with E-state index in [9.17, 15) is 8.42 Å². The fourth-order valence-electron chi connectivity index (χ4n) is 4.19. The van der Waals surface area contributed by atoms with Crippen LogP contribution in [0.4, 0.5) is 5.69 Å². The fourth-order valence-corrected chi connectivity index (χ4v) is 5.68. The molecule has 0 bridgehead atoms. The monoisotopic (exact) mass is 431 g/mol. The van der Waals surface area contributed by atoms with E-state index in [0.717, 1.165) is 41.0 Å². The number of anilines is 1. The lowest BCUT2D eigenvalue weighted by Crippen LogP contribution is -2.44. The Bertz CT molecular complexity index is 943. The maximum absolute atomic E-state index is 13.2. The lowest BCUT2D eigenvalue weighted by atomic mass is 10.0. The highest BCUT2D eigenvalue weighted by Gasteiger charge is 2.26. The number of sulfonamides is 1. The summed E-state index contributed by atoms with van der Waals surface area (Å²) in [6.07, 6.45) is 0. The van der Waals surface area contributed by atoms with Gasteiger partial charge < -0.3 is 9.64 Å². The number of rotatable bonds is 7. The third-order valence-electron chi connectivity index (χ3n) is 5.62. The van der Waals surface area contributed by atoms with Gasteiger partial charge in [0.05, 0.1) is 18.1 Å². The van der Waals surface area contributed by atoms with Crippen LogP contribution in [-0.4, -0.2) is 60.3 Å². The summed E-state index contributed by atoms with van der Waals surface area (Å²) in [4.78, 5) is 4.74. The summed E-state index contributed by atoms with van der Waals surface area (Å²) in [5.41, 5.74) is 4.83. The summed E-state index contributed by atoms with van der Waals surface area (Å²) >= 11 is 0. The number of aryl methyl sites for hydroxylation is 3. The van der Waals surface area contributed by atoms with Gasteiger partial charge in [-0.2, -0.15) is 0 Å². The normalized spacial score (nSPS) is 16.4. The third kappa shape index (κ3) is 5.21. The summed E-state index contributed by atoms with van der Waals surface area (Å²) in [7, 11) is 0.400. The first kappa shape index (κ1) is 22.7. The molecule has 0 saturated carbocycles. The Balaban J connectivity index is 1.86. The minimum atomic E-state index is -3.62. The molecule has 3 rings (SSSR count). The second-order valence-corrected chi connectivity index (χ2v) is 9.93. The Morgan fingerprint density at radius 1 is 1.03 bits per heavy atom. The maximum atomic E-state index is 13.2. The molecular weight excluding hydrogens is 398 g/mol. The predicted octanol–water partition coefficient (Wildman–Crippen LogP) is 3.03. The summed E-state index contributed by atoms with van der Waals surface area (Å²) in [5.74, 6) is 0. The predicted molar refractivity (Wildman–Crippen MR) is 122 cm³/mol. The molecule has 0 spiro atoms. The van der Waals surface area contributed by atoms with Crippen LogP contribution >= 0.6 is 0 Å². The molecule has 1 aliphatic heterocycles. The van der Waals surface area contributed by atoms with E-state index in [-0.39, 0.29) is 6.04 Å². The van der Waals surface area contributed by atoms with Gasteiger partial charge in [-0.1, -0.05) is 29.8 Å². The summed E-state index contributed by atoms with van der Waals surface area (Å²) in [5, 5.41) is 0. The molecule has 1 aliphatic rings. The lowest BCUT2D eigenvalue weighted by molar-refractivity contribution is 0.0172. The van der Waals surface area contributed by atoms with E-state index in [1.165, 1.54) is 0 Å². The van der Waals surface area contributed by atoms with E-state index in [2.05, 4.69) is 38.8 Å². The summed E-state index contributed by atoms with van der Waals surface area (Å²) < 4.78 is 34.8. The molecule has 164 valence electrons. The van der Waals surface area contributed by atoms with Gasteiger partial charge in [0.1, 0.15) is 0 Å². The SMILES string of the molecule is Cc1cc(C)c(S(=O)(=O)NCC(c2ccc(N(C)C)cc2)N2CCOCC2)c(C)c1. The topological polar surface area (TPSA) is 61.9 Å². The van der Waals surface area contributed by atoms with Crippen molar-refractivity contribution in [1.82, 2.24) is 9.62 Å². The first-order valence-electron chi connectivity index (χ1n) is 10.4. The van der Waals surface area contributed by atoms with Gasteiger partial charge in [-0.3, -0.25) is 4.90 Å². The molecular formula is C23H33N3O3S. The Kier molecular flexibility index (Phi) is 7.18. The van der Waals surface area contributed by atoms with Gasteiger partial charge >= 0.3 is 0 Å². The molecule has 0 radical (unpaired) electrons. The number of morpholine rings is 1. The van der Waals surface area contributed by atoms with Crippen molar-refractivity contribution in [2.24, 2.45) is 0 Å². The number of ether oxygens (including phenoxy) is 1. The smallest absolute Gasteiger partial charge is 0.241 e. The Labute approximate surface area is 180 Å². The maximum Gasteiger partial charge on any atom is 0.241 e. The molecule has 2 aromatic carbocycles. The standard InChI is InChI=1S/C23H33N3O3S/c1-17-14-18(2)23(19(3)15-17)30(27,28)24-16-22(26-10-12-29-13-11-26)20-6-8-21(9-7-20)25(4)5/h6-9,14-15,22,24H,10-13,16H2,1-5H3. The van der Waals surface area contributed by atoms with Gasteiger partial charge in [-0.15, -0.1) is 0 Å². The molecule has 1 fully saturated rings. The molecule has 1 saturated heterocycles. The van der Waals surface area contributed by atoms with Gasteiger partial charge in [-0.25, -0.2) is 13.1 Å². The minimum Gasteiger partial charge on any atom is -0.379 e. The van der Waals surface area contributed by atoms with Gasteiger partial charge in [0.15, 0.2) is 0 Å². The average molecular weight is 432 g/mol. The van der Waals surface area contributed by atoms with Gasteiger partial charge in [0, 0.05) is 45.5 Å². The molecule has 1 atom stereocenters. The van der Waals surface area contributed by atoms with E-state index in [1.807, 2.05) is 47.0 Å². The lowest BCUT2D eigenvalue weighted by Gasteiger charge is -2.35. The van der Waals surface area contributed by atoms with E-state index in [0.29, 0.717) is 24.7 Å². The largest absolute Gasteiger partial charge is 0.379 e. The molecule has 0 aromatic heterocycles. The van der Waals surface area contributed by atoms with Crippen molar-refractivity contribution in [2.75, 3.05) is 51.8 Å². The molecule has 0 aliphatic carbocycles. The van der Waals surface area contributed by atoms with Crippen LogP contribution in [0.2, 0.25) is 0 Å². The van der Waals surface area contributed by atoms with E-state index >= 15 is 0 Å². The zero-order valence-corrected chi connectivity index (χ0v) is 19.4. The van der Waals surface area contributed by atoms with E-state index in [1.54, 1.807) is 0 Å². The van der Waals surface area contributed by atoms with Gasteiger partial charge in [0.2, 0.25) is 10.0 Å². The van der Waals surface area contributed by atoms with Crippen LogP contribution in [0.25, 0.3) is 0 Å². The average Bonchev–Trinajstić information content (AvgIpc) is 2.68. The Morgan fingerprint density at radius 3 is 2.13 bits per heavy atom. The van der Waals surface area contributed by atoms with Crippen molar-refractivity contribution in [3.05, 3.63) is 58.7 Å². The van der Waals surface area contributed by atoms with Crippen molar-refractivity contribution >= 4 is 15.7 Å². The van der Waals surface area contributed by atoms with Crippen LogP contribution in [0.1, 0.15) is 28.3 Å². The van der Waals surface area contributed by atoms with Crippen LogP contribution in [-0.2, 0) is 14.8 Å². The first-order chi connectivity index (χ1) is 14.2. The van der Waals surface area contributed by atoms with Crippen molar-refractivity contribution in [1.29, 1.82) is 0 Å². The number of nitrogens with zero attached hydrogens (tertiary/aromatic N) is 2. The highest BCUT2D eigenvalue weighted by molar-refractivity contribution is 7.89. The van der Waals surface area contributed by atoms with Crippen LogP contribution in [0.15, 0.2) is 41.3 Å². The van der Waals surface area contributed by atoms with Crippen LogP contribution < -0.4 is 9.62 Å². The highest BCUT2D eigenvalue weighted by atomic mass is 32.2. The molecule has 2 aromatic rings. The molecule has 1 heterocycles. The second-order valence-electron chi connectivity index (χ2n) is 8.23. The van der Waals surface area contributed by atoms with Crippen molar-refractivity contribution < 1.29 is 13.2 Å². The molecule has 1 unspecified atom stereocenters. The van der Waals surface area contributed by atoms with Crippen molar-refractivity contribution in [2.45, 2.75) is 31.7 Å². The summed E-state index contributed by atoms with van der Waals surface area (Å²) in [6.45, 7) is 8.90. The molecule has 6 nitrogen and oxygen atoms in total. The Hall–Kier alpha value is -1.93. The number of benzene rings is 2. The van der Waals surface area contributed by atoms with Crippen LogP contribution in [0, 0.1) is 20.8 Å². The van der Waals surface area contributed by atoms with Crippen LogP contribution in [0.3, 0.4) is 0 Å². The van der Waals surface area contributed by atoms with E-state index in [4.69, 9.17) is 4.74 Å².